The molecule has 0 unspecified atom stereocenters. The summed E-state index contributed by atoms with van der Waals surface area (Å²) in [6.07, 6.45) is 4.92. The molecule has 0 spiro atoms. The van der Waals surface area contributed by atoms with Gasteiger partial charge in [0.15, 0.2) is 17.0 Å². The maximum Gasteiger partial charge on any atom is 0.226 e. The molecule has 0 aliphatic rings. The lowest BCUT2D eigenvalue weighted by molar-refractivity contribution is 1.20. The van der Waals surface area contributed by atoms with Gasteiger partial charge < -0.3 is 10.3 Å². The predicted octanol–water partition coefficient (Wildman–Crippen LogP) is 2.14. The smallest absolute Gasteiger partial charge is 0.226 e. The summed E-state index contributed by atoms with van der Waals surface area (Å²) in [7, 11) is 0. The Balaban J connectivity index is 2.08. The lowest BCUT2D eigenvalue weighted by atomic mass is 10.4. The van der Waals surface area contributed by atoms with Crippen molar-refractivity contribution in [3.05, 3.63) is 36.1 Å². The van der Waals surface area contributed by atoms with Crippen LogP contribution in [0.25, 0.3) is 11.2 Å². The van der Waals surface area contributed by atoms with Crippen LogP contribution in [-0.2, 0) is 0 Å². The highest BCUT2D eigenvalue weighted by atomic mass is 35.5. The van der Waals surface area contributed by atoms with Crippen molar-refractivity contribution in [1.82, 2.24) is 24.9 Å². The average Bonchev–Trinajstić information content (AvgIpc) is 2.78. The van der Waals surface area contributed by atoms with E-state index in [1.165, 1.54) is 0 Å². The van der Waals surface area contributed by atoms with Gasteiger partial charge in [0.25, 0.3) is 0 Å². The molecule has 6 nitrogen and oxygen atoms in total. The lowest BCUT2D eigenvalue weighted by Crippen LogP contribution is -1.97. The minimum absolute atomic E-state index is 0.165. The number of hydrogen-bond donors (Lipinski definition) is 2. The van der Waals surface area contributed by atoms with Crippen LogP contribution in [-0.4, -0.2) is 24.9 Å². The number of aromatic nitrogens is 5. The van der Waals surface area contributed by atoms with Crippen molar-refractivity contribution >= 4 is 34.3 Å². The first-order chi connectivity index (χ1) is 8.33. The first-order valence-electron chi connectivity index (χ1n) is 4.86. The molecule has 3 heterocycles. The van der Waals surface area contributed by atoms with Gasteiger partial charge in [-0.1, -0.05) is 0 Å². The maximum absolute atomic E-state index is 5.82. The van der Waals surface area contributed by atoms with E-state index in [2.05, 4.69) is 30.2 Å². The highest BCUT2D eigenvalue weighted by molar-refractivity contribution is 6.28. The molecule has 0 saturated carbocycles. The Morgan fingerprint density at radius 1 is 1.18 bits per heavy atom. The van der Waals surface area contributed by atoms with E-state index in [0.717, 1.165) is 5.69 Å². The third-order valence-corrected chi connectivity index (χ3v) is 2.36. The van der Waals surface area contributed by atoms with Gasteiger partial charge in [0.1, 0.15) is 0 Å². The predicted molar refractivity (Wildman–Crippen MR) is 64.2 cm³/mol. The van der Waals surface area contributed by atoms with E-state index in [1.54, 1.807) is 18.7 Å². The molecular weight excluding hydrogens is 240 g/mol. The third-order valence-electron chi connectivity index (χ3n) is 2.19. The van der Waals surface area contributed by atoms with Gasteiger partial charge in [-0.15, -0.1) is 0 Å². The molecule has 0 fully saturated rings. The van der Waals surface area contributed by atoms with Crippen LogP contribution < -0.4 is 5.32 Å². The largest absolute Gasteiger partial charge is 0.338 e. The molecule has 84 valence electrons. The molecule has 0 amide bonds. The van der Waals surface area contributed by atoms with Gasteiger partial charge in [-0.3, -0.25) is 4.98 Å². The molecule has 0 aliphatic heterocycles. The van der Waals surface area contributed by atoms with Gasteiger partial charge in [0.05, 0.1) is 6.33 Å². The fourth-order valence-corrected chi connectivity index (χ4v) is 1.64. The number of imidazole rings is 1. The van der Waals surface area contributed by atoms with E-state index >= 15 is 0 Å². The van der Waals surface area contributed by atoms with Crippen LogP contribution in [0.15, 0.2) is 30.9 Å². The van der Waals surface area contributed by atoms with Crippen molar-refractivity contribution in [2.75, 3.05) is 5.32 Å². The second kappa shape index (κ2) is 3.99. The molecule has 2 N–H and O–H groups in total. The van der Waals surface area contributed by atoms with Crippen molar-refractivity contribution in [3.8, 4) is 0 Å². The number of anilines is 2. The minimum atomic E-state index is 0.165. The van der Waals surface area contributed by atoms with Gasteiger partial charge in [0.2, 0.25) is 5.28 Å². The van der Waals surface area contributed by atoms with Crippen LogP contribution in [0.4, 0.5) is 11.5 Å². The van der Waals surface area contributed by atoms with Crippen molar-refractivity contribution < 1.29 is 0 Å². The van der Waals surface area contributed by atoms with E-state index < -0.39 is 0 Å². The molecule has 0 aromatic carbocycles. The van der Waals surface area contributed by atoms with Crippen molar-refractivity contribution in [2.24, 2.45) is 0 Å². The summed E-state index contributed by atoms with van der Waals surface area (Å²) in [6, 6.07) is 3.66. The third kappa shape index (κ3) is 1.90. The number of nitrogens with one attached hydrogen (secondary N) is 2. The fraction of sp³-hybridized carbons (Fsp3) is 0. The summed E-state index contributed by atoms with van der Waals surface area (Å²) in [5.41, 5.74) is 2.10. The Morgan fingerprint density at radius 2 is 2.00 bits per heavy atom. The topological polar surface area (TPSA) is 79.4 Å². The summed E-state index contributed by atoms with van der Waals surface area (Å²) in [5, 5.41) is 3.28. The summed E-state index contributed by atoms with van der Waals surface area (Å²) >= 11 is 5.82. The van der Waals surface area contributed by atoms with Gasteiger partial charge in [-0.2, -0.15) is 9.97 Å². The van der Waals surface area contributed by atoms with Gasteiger partial charge in [0, 0.05) is 18.1 Å². The number of hydrogen-bond acceptors (Lipinski definition) is 5. The molecule has 3 aromatic rings. The zero-order valence-corrected chi connectivity index (χ0v) is 9.31. The van der Waals surface area contributed by atoms with E-state index in [-0.39, 0.29) is 5.28 Å². The van der Waals surface area contributed by atoms with Crippen LogP contribution in [0.1, 0.15) is 0 Å². The molecule has 0 aliphatic carbocycles. The zero-order valence-electron chi connectivity index (χ0n) is 8.55. The summed E-state index contributed by atoms with van der Waals surface area (Å²) < 4.78 is 0. The summed E-state index contributed by atoms with van der Waals surface area (Å²) in [4.78, 5) is 19.1. The van der Waals surface area contributed by atoms with Gasteiger partial charge in [-0.05, 0) is 23.7 Å². The van der Waals surface area contributed by atoms with Crippen LogP contribution in [0.5, 0.6) is 0 Å². The number of aromatic amines is 1. The zero-order chi connectivity index (χ0) is 11.7. The molecule has 0 atom stereocenters. The molecule has 0 radical (unpaired) electrons. The molecule has 17 heavy (non-hydrogen) atoms. The van der Waals surface area contributed by atoms with Crippen molar-refractivity contribution in [3.63, 3.8) is 0 Å². The molecule has 3 rings (SSSR count). The molecular formula is C10H7ClN6. The number of rotatable bonds is 2. The number of nitrogens with zero attached hydrogens (tertiary/aromatic N) is 4. The Kier molecular flexibility index (Phi) is 2.34. The number of pyridine rings is 1. The Bertz CT molecular complexity index is 650. The van der Waals surface area contributed by atoms with Gasteiger partial charge >= 0.3 is 0 Å². The quantitative estimate of drug-likeness (QED) is 0.678. The van der Waals surface area contributed by atoms with Crippen LogP contribution in [0.2, 0.25) is 5.28 Å². The molecule has 7 heteroatoms. The number of fused-ring (bicyclic) bond motifs is 1. The van der Waals surface area contributed by atoms with Crippen LogP contribution >= 0.6 is 11.6 Å². The SMILES string of the molecule is Clc1nc(Nc2ccncc2)c2nc[nH]c2n1. The Hall–Kier alpha value is -2.21. The number of halogens is 1. The van der Waals surface area contributed by atoms with Gasteiger partial charge in [-0.25, -0.2) is 4.98 Å². The highest BCUT2D eigenvalue weighted by Gasteiger charge is 2.08. The Labute approximate surface area is 101 Å². The van der Waals surface area contributed by atoms with Crippen LogP contribution in [0, 0.1) is 0 Å². The fourth-order valence-electron chi connectivity index (χ4n) is 1.47. The minimum Gasteiger partial charge on any atom is -0.338 e. The first kappa shape index (κ1) is 9.98. The van der Waals surface area contributed by atoms with E-state index in [4.69, 9.17) is 11.6 Å². The molecule has 3 aromatic heterocycles. The maximum atomic E-state index is 5.82. The average molecular weight is 247 g/mol. The first-order valence-corrected chi connectivity index (χ1v) is 5.24. The van der Waals surface area contributed by atoms with E-state index in [9.17, 15) is 0 Å². The van der Waals surface area contributed by atoms with Crippen molar-refractivity contribution in [1.29, 1.82) is 0 Å². The number of H-pyrrole nitrogens is 1. The van der Waals surface area contributed by atoms with Crippen LogP contribution in [0.3, 0.4) is 0 Å². The van der Waals surface area contributed by atoms with E-state index in [0.29, 0.717) is 17.0 Å². The summed E-state index contributed by atoms with van der Waals surface area (Å²) in [6.45, 7) is 0. The monoisotopic (exact) mass is 246 g/mol. The van der Waals surface area contributed by atoms with E-state index in [1.807, 2.05) is 12.1 Å². The normalized spacial score (nSPS) is 10.6. The standard InChI is InChI=1S/C10H7ClN6/c11-10-16-8-7(13-5-14-8)9(17-10)15-6-1-3-12-4-2-6/h1-5H,(H2,12,13,14,15,16,17). The lowest BCUT2D eigenvalue weighted by Gasteiger charge is -2.05. The second-order valence-electron chi connectivity index (χ2n) is 3.30. The molecule has 0 bridgehead atoms. The second-order valence-corrected chi connectivity index (χ2v) is 3.64. The Morgan fingerprint density at radius 3 is 2.82 bits per heavy atom. The highest BCUT2D eigenvalue weighted by Crippen LogP contribution is 2.22. The molecule has 0 saturated heterocycles. The van der Waals surface area contributed by atoms with Crippen molar-refractivity contribution in [2.45, 2.75) is 0 Å². The summed E-state index contributed by atoms with van der Waals surface area (Å²) in [5.74, 6) is 0.562.